The van der Waals surface area contributed by atoms with E-state index in [1.165, 1.54) is 0 Å². The molecule has 0 aromatic rings. The van der Waals surface area contributed by atoms with Gasteiger partial charge in [-0.1, -0.05) is 44.0 Å². The van der Waals surface area contributed by atoms with Crippen LogP contribution < -0.4 is 0 Å². The van der Waals surface area contributed by atoms with Gasteiger partial charge < -0.3 is 19.5 Å². The van der Waals surface area contributed by atoms with Crippen LogP contribution in [0.1, 0.15) is 59.8 Å². The molecule has 0 spiro atoms. The first-order valence-corrected chi connectivity index (χ1v) is 12.0. The van der Waals surface area contributed by atoms with Gasteiger partial charge in [-0.05, 0) is 55.8 Å². The number of esters is 1. The molecular formula is C25H33NO6. The predicted octanol–water partition coefficient (Wildman–Crippen LogP) is 3.62. The SMILES string of the molecule is CCOC(=O)C1CC(C23C[C@@H]4[C@H](C)CC[C@H]4C4(C=O)CC2C=C(C(C)C)[C@@]34C(=O)O)=NO1. The first kappa shape index (κ1) is 21.7. The minimum atomic E-state index is -1.34. The number of carboxylic acid groups (broad SMARTS) is 1. The lowest BCUT2D eigenvalue weighted by atomic mass is 9.41. The molecule has 1 N–H and O–H groups in total. The van der Waals surface area contributed by atoms with Crippen LogP contribution in [0.3, 0.4) is 0 Å². The number of oxime groups is 1. The van der Waals surface area contributed by atoms with Gasteiger partial charge in [-0.3, -0.25) is 4.79 Å². The lowest BCUT2D eigenvalue weighted by molar-refractivity contribution is -0.173. The number of carbonyl (C=O) groups excluding carboxylic acids is 2. The molecule has 0 amide bonds. The third kappa shape index (κ3) is 2.18. The highest BCUT2D eigenvalue weighted by atomic mass is 16.7. The Kier molecular flexibility index (Phi) is 4.68. The Hall–Kier alpha value is -2.18. The summed E-state index contributed by atoms with van der Waals surface area (Å²) in [6.45, 7) is 8.24. The normalized spacial score (nSPS) is 45.8. The molecule has 3 fully saturated rings. The summed E-state index contributed by atoms with van der Waals surface area (Å²) in [6.07, 6.45) is 5.62. The van der Waals surface area contributed by atoms with Crippen LogP contribution in [0.25, 0.3) is 0 Å². The van der Waals surface area contributed by atoms with Crippen molar-refractivity contribution in [1.29, 1.82) is 0 Å². The lowest BCUT2D eigenvalue weighted by Crippen LogP contribution is -2.64. The molecule has 4 aliphatic carbocycles. The van der Waals surface area contributed by atoms with E-state index < -0.39 is 34.3 Å². The van der Waals surface area contributed by atoms with Crippen LogP contribution in [0.5, 0.6) is 0 Å². The first-order chi connectivity index (χ1) is 15.2. The fraction of sp³-hybridized carbons (Fsp3) is 0.760. The topological polar surface area (TPSA) is 102 Å². The molecule has 5 aliphatic rings. The number of hydrogen-bond acceptors (Lipinski definition) is 6. The van der Waals surface area contributed by atoms with Crippen molar-refractivity contribution >= 4 is 23.9 Å². The minimum Gasteiger partial charge on any atom is -0.481 e. The zero-order valence-electron chi connectivity index (χ0n) is 19.3. The smallest absolute Gasteiger partial charge is 0.350 e. The van der Waals surface area contributed by atoms with E-state index in [1.54, 1.807) is 6.92 Å². The summed E-state index contributed by atoms with van der Waals surface area (Å²) in [7, 11) is 0. The molecule has 32 heavy (non-hydrogen) atoms. The van der Waals surface area contributed by atoms with Gasteiger partial charge in [-0.2, -0.15) is 0 Å². The fourth-order valence-electron chi connectivity index (χ4n) is 8.72. The number of nitrogens with zero attached hydrogens (tertiary/aromatic N) is 1. The van der Waals surface area contributed by atoms with Gasteiger partial charge >= 0.3 is 11.9 Å². The van der Waals surface area contributed by atoms with Crippen molar-refractivity contribution in [2.75, 3.05) is 6.61 Å². The molecule has 1 aliphatic heterocycles. The molecule has 0 saturated heterocycles. The van der Waals surface area contributed by atoms with Crippen LogP contribution in [0.15, 0.2) is 16.8 Å². The molecule has 4 bridgehead atoms. The number of rotatable bonds is 6. The molecule has 0 aromatic heterocycles. The van der Waals surface area contributed by atoms with Crippen molar-refractivity contribution in [2.45, 2.75) is 65.9 Å². The van der Waals surface area contributed by atoms with E-state index in [-0.39, 0.29) is 36.7 Å². The fourth-order valence-corrected chi connectivity index (χ4v) is 8.72. The zero-order valence-corrected chi connectivity index (χ0v) is 19.3. The molecular weight excluding hydrogens is 410 g/mol. The van der Waals surface area contributed by atoms with Crippen LogP contribution in [-0.2, 0) is 24.0 Å². The van der Waals surface area contributed by atoms with Crippen molar-refractivity contribution in [3.05, 3.63) is 11.6 Å². The molecule has 1 heterocycles. The van der Waals surface area contributed by atoms with E-state index in [0.717, 1.165) is 24.7 Å². The summed E-state index contributed by atoms with van der Waals surface area (Å²) < 4.78 is 5.14. The third-order valence-corrected chi connectivity index (χ3v) is 9.66. The number of aldehydes is 1. The van der Waals surface area contributed by atoms with Crippen molar-refractivity contribution < 1.29 is 29.1 Å². The zero-order chi connectivity index (χ0) is 23.1. The van der Waals surface area contributed by atoms with Crippen LogP contribution in [-0.4, -0.2) is 41.8 Å². The average Bonchev–Trinajstić information content (AvgIpc) is 3.48. The second-order valence-electron chi connectivity index (χ2n) is 10.9. The Bertz CT molecular complexity index is 939. The van der Waals surface area contributed by atoms with Gasteiger partial charge in [0, 0.05) is 11.8 Å². The lowest BCUT2D eigenvalue weighted by Gasteiger charge is -2.58. The monoisotopic (exact) mass is 443 g/mol. The maximum atomic E-state index is 13.4. The van der Waals surface area contributed by atoms with Crippen LogP contribution >= 0.6 is 0 Å². The first-order valence-electron chi connectivity index (χ1n) is 12.0. The van der Waals surface area contributed by atoms with Crippen molar-refractivity contribution in [1.82, 2.24) is 0 Å². The minimum absolute atomic E-state index is 0.00532. The number of aliphatic carboxylic acids is 1. The summed E-state index contributed by atoms with van der Waals surface area (Å²) >= 11 is 0. The van der Waals surface area contributed by atoms with E-state index in [0.29, 0.717) is 24.5 Å². The second-order valence-corrected chi connectivity index (χ2v) is 10.9. The maximum Gasteiger partial charge on any atom is 0.350 e. The molecule has 7 heteroatoms. The highest BCUT2D eigenvalue weighted by molar-refractivity contribution is 6.05. The van der Waals surface area contributed by atoms with E-state index in [2.05, 4.69) is 18.2 Å². The molecule has 4 unspecified atom stereocenters. The molecule has 7 nitrogen and oxygen atoms in total. The molecule has 3 saturated carbocycles. The Labute approximate surface area is 188 Å². The number of fused-ring (bicyclic) bond motifs is 2. The Morgan fingerprint density at radius 1 is 1.34 bits per heavy atom. The van der Waals surface area contributed by atoms with Crippen molar-refractivity contribution in [2.24, 2.45) is 51.0 Å². The predicted molar refractivity (Wildman–Crippen MR) is 116 cm³/mol. The molecule has 0 radical (unpaired) electrons. The van der Waals surface area contributed by atoms with E-state index in [9.17, 15) is 19.5 Å². The summed E-state index contributed by atoms with van der Waals surface area (Å²) in [5, 5.41) is 15.4. The molecule has 174 valence electrons. The van der Waals surface area contributed by atoms with Crippen LogP contribution in [0.2, 0.25) is 0 Å². The van der Waals surface area contributed by atoms with Gasteiger partial charge in [0.15, 0.2) is 0 Å². The summed E-state index contributed by atoms with van der Waals surface area (Å²) in [5.41, 5.74) is -1.63. The van der Waals surface area contributed by atoms with Gasteiger partial charge in [0.05, 0.1) is 17.7 Å². The number of hydrogen-bond donors (Lipinski definition) is 1. The van der Waals surface area contributed by atoms with Gasteiger partial charge in [-0.15, -0.1) is 0 Å². The number of ether oxygens (including phenoxy) is 1. The Morgan fingerprint density at radius 2 is 2.09 bits per heavy atom. The third-order valence-electron chi connectivity index (χ3n) is 9.66. The maximum absolute atomic E-state index is 13.4. The van der Waals surface area contributed by atoms with Gasteiger partial charge in [-0.25, -0.2) is 4.79 Å². The van der Waals surface area contributed by atoms with Gasteiger partial charge in [0.25, 0.3) is 0 Å². The highest BCUT2D eigenvalue weighted by Crippen LogP contribution is 2.83. The average molecular weight is 444 g/mol. The van der Waals surface area contributed by atoms with Crippen LogP contribution in [0, 0.1) is 45.8 Å². The Morgan fingerprint density at radius 3 is 2.72 bits per heavy atom. The number of carbonyl (C=O) groups is 3. The number of allylic oxidation sites excluding steroid dienone is 1. The van der Waals surface area contributed by atoms with Gasteiger partial charge in [0.2, 0.25) is 6.10 Å². The Balaban J connectivity index is 1.70. The van der Waals surface area contributed by atoms with Crippen molar-refractivity contribution in [3.8, 4) is 0 Å². The standard InChI is InChI=1S/C25H33NO6/c1-5-31-21(28)19-9-20(26-32-19)24-11-16-14(4)6-7-17(16)23(12-27)10-15(24)8-18(13(2)3)25(23,24)22(29)30/h8,12-17,19H,5-7,9-11H2,1-4H3,(H,29,30)/t14-,15?,16-,17-,19?,23?,24?,25+/m1/s1. The molecule has 5 rings (SSSR count). The highest BCUT2D eigenvalue weighted by Gasteiger charge is 2.85. The molecule has 0 aromatic carbocycles. The summed E-state index contributed by atoms with van der Waals surface area (Å²) in [6, 6.07) is 0. The van der Waals surface area contributed by atoms with E-state index in [1.807, 2.05) is 13.8 Å². The summed E-state index contributed by atoms with van der Waals surface area (Å²) in [5.74, 6) is -0.744. The second kappa shape index (κ2) is 6.91. The van der Waals surface area contributed by atoms with Crippen molar-refractivity contribution in [3.63, 3.8) is 0 Å². The van der Waals surface area contributed by atoms with Crippen LogP contribution in [0.4, 0.5) is 0 Å². The van der Waals surface area contributed by atoms with Gasteiger partial charge in [0.1, 0.15) is 11.7 Å². The van der Waals surface area contributed by atoms with E-state index >= 15 is 0 Å². The van der Waals surface area contributed by atoms with E-state index in [4.69, 9.17) is 9.57 Å². The quantitative estimate of drug-likeness (QED) is 0.382. The summed E-state index contributed by atoms with van der Waals surface area (Å²) in [4.78, 5) is 44.4. The largest absolute Gasteiger partial charge is 0.481 e. The molecule has 8 atom stereocenters. The number of carboxylic acids is 1.